The number of anilines is 2. The Morgan fingerprint density at radius 1 is 1.53 bits per heavy atom. The number of nitrogens with one attached hydrogen (secondary N) is 1. The summed E-state index contributed by atoms with van der Waals surface area (Å²) in [6, 6.07) is 4.76. The molecular weight excluding hydrogens is 242 g/mol. The molecule has 0 saturated heterocycles. The zero-order valence-corrected chi connectivity index (χ0v) is 9.69. The van der Waals surface area contributed by atoms with Crippen molar-refractivity contribution >= 4 is 28.3 Å². The van der Waals surface area contributed by atoms with Crippen LogP contribution in [0.4, 0.5) is 10.8 Å². The van der Waals surface area contributed by atoms with Crippen molar-refractivity contribution in [1.82, 2.24) is 14.8 Å². The van der Waals surface area contributed by atoms with Crippen molar-refractivity contribution < 1.29 is 9.53 Å². The normalized spacial score (nSPS) is 9.94. The number of carbonyl (C=O) groups is 1. The molecule has 1 aromatic carbocycles. The lowest BCUT2D eigenvalue weighted by Crippen LogP contribution is -2.12. The first kappa shape index (κ1) is 11.3. The van der Waals surface area contributed by atoms with E-state index in [1.54, 1.807) is 18.2 Å². The van der Waals surface area contributed by atoms with E-state index < -0.39 is 0 Å². The number of methoxy groups -OCH3 is 1. The predicted molar refractivity (Wildman–Crippen MR) is 63.1 cm³/mol. The van der Waals surface area contributed by atoms with Crippen LogP contribution in [0.2, 0.25) is 0 Å². The average molecular weight is 251 g/mol. The van der Waals surface area contributed by atoms with Gasteiger partial charge in [0.15, 0.2) is 0 Å². The molecular formula is C9H9N5O2S. The largest absolute Gasteiger partial charge is 0.495 e. The number of benzene rings is 1. The highest BCUT2D eigenvalue weighted by atomic mass is 32.1. The van der Waals surface area contributed by atoms with E-state index in [4.69, 9.17) is 10.5 Å². The molecule has 0 aliphatic heterocycles. The van der Waals surface area contributed by atoms with Gasteiger partial charge in [0.25, 0.3) is 5.91 Å². The van der Waals surface area contributed by atoms with Crippen molar-refractivity contribution in [2.45, 2.75) is 0 Å². The summed E-state index contributed by atoms with van der Waals surface area (Å²) in [5, 5.41) is 9.88. The molecule has 3 N–H and O–H groups in total. The Labute approximate surface area is 101 Å². The molecule has 0 spiro atoms. The van der Waals surface area contributed by atoms with Crippen molar-refractivity contribution in [2.75, 3.05) is 18.2 Å². The van der Waals surface area contributed by atoms with Crippen LogP contribution in [0.3, 0.4) is 0 Å². The number of nitrogens with zero attached hydrogens (tertiary/aromatic N) is 3. The molecule has 0 saturated carbocycles. The molecule has 7 nitrogen and oxygen atoms in total. The SMILES string of the molecule is COc1cc(C(=O)Nc2nnns2)ccc1N. The van der Waals surface area contributed by atoms with Crippen LogP contribution in [0.15, 0.2) is 18.2 Å². The molecule has 0 atom stereocenters. The van der Waals surface area contributed by atoms with Crippen LogP contribution in [0.25, 0.3) is 0 Å². The number of aromatic nitrogens is 3. The van der Waals surface area contributed by atoms with Crippen molar-refractivity contribution in [1.29, 1.82) is 0 Å². The van der Waals surface area contributed by atoms with Gasteiger partial charge in [-0.1, -0.05) is 9.59 Å². The van der Waals surface area contributed by atoms with Crippen LogP contribution in [-0.2, 0) is 0 Å². The number of carbonyl (C=O) groups excluding carboxylic acids is 1. The fourth-order valence-electron chi connectivity index (χ4n) is 1.20. The molecule has 0 fully saturated rings. The van der Waals surface area contributed by atoms with Gasteiger partial charge in [-0.25, -0.2) is 0 Å². The first-order valence-electron chi connectivity index (χ1n) is 4.60. The van der Waals surface area contributed by atoms with E-state index in [2.05, 4.69) is 20.1 Å². The summed E-state index contributed by atoms with van der Waals surface area (Å²) in [6.45, 7) is 0. The summed E-state index contributed by atoms with van der Waals surface area (Å²) < 4.78 is 8.57. The zero-order chi connectivity index (χ0) is 12.3. The highest BCUT2D eigenvalue weighted by Crippen LogP contribution is 2.22. The minimum atomic E-state index is -0.318. The van der Waals surface area contributed by atoms with E-state index in [0.717, 1.165) is 11.5 Å². The van der Waals surface area contributed by atoms with Gasteiger partial charge < -0.3 is 10.5 Å². The second kappa shape index (κ2) is 4.74. The maximum atomic E-state index is 11.8. The lowest BCUT2D eigenvalue weighted by Gasteiger charge is -2.06. The molecule has 0 radical (unpaired) electrons. The van der Waals surface area contributed by atoms with Gasteiger partial charge in [-0.2, -0.15) is 0 Å². The maximum Gasteiger partial charge on any atom is 0.257 e. The highest BCUT2D eigenvalue weighted by molar-refractivity contribution is 7.09. The van der Waals surface area contributed by atoms with Gasteiger partial charge in [0.1, 0.15) is 5.75 Å². The van der Waals surface area contributed by atoms with E-state index in [1.165, 1.54) is 7.11 Å². The third-order valence-electron chi connectivity index (χ3n) is 2.02. The third-order valence-corrected chi connectivity index (χ3v) is 2.53. The Kier molecular flexibility index (Phi) is 3.15. The summed E-state index contributed by atoms with van der Waals surface area (Å²) in [5.74, 6) is 0.134. The summed E-state index contributed by atoms with van der Waals surface area (Å²) >= 11 is 0.999. The van der Waals surface area contributed by atoms with Gasteiger partial charge >= 0.3 is 0 Å². The number of nitrogen functional groups attached to an aromatic ring is 1. The van der Waals surface area contributed by atoms with Gasteiger partial charge in [-0.3, -0.25) is 10.1 Å². The fraction of sp³-hybridized carbons (Fsp3) is 0.111. The van der Waals surface area contributed by atoms with Crippen molar-refractivity contribution in [3.63, 3.8) is 0 Å². The Morgan fingerprint density at radius 3 is 3.00 bits per heavy atom. The Balaban J connectivity index is 2.19. The molecule has 0 aliphatic rings. The van der Waals surface area contributed by atoms with E-state index in [-0.39, 0.29) is 5.91 Å². The molecule has 2 rings (SSSR count). The standard InChI is InChI=1S/C9H9N5O2S/c1-16-7-4-5(2-3-6(7)10)8(15)11-9-12-13-14-17-9/h2-4H,10H2,1H3,(H,11,12,14,15). The summed E-state index contributed by atoms with van der Waals surface area (Å²) in [4.78, 5) is 11.8. The molecule has 88 valence electrons. The average Bonchev–Trinajstić information content (AvgIpc) is 2.82. The van der Waals surface area contributed by atoms with Crippen LogP contribution in [0.5, 0.6) is 5.75 Å². The van der Waals surface area contributed by atoms with Crippen molar-refractivity contribution in [3.05, 3.63) is 23.8 Å². The number of rotatable bonds is 3. The first-order chi connectivity index (χ1) is 8.20. The lowest BCUT2D eigenvalue weighted by atomic mass is 10.2. The summed E-state index contributed by atoms with van der Waals surface area (Å²) in [5.41, 5.74) is 6.55. The second-order valence-electron chi connectivity index (χ2n) is 3.08. The van der Waals surface area contributed by atoms with Gasteiger partial charge in [0.05, 0.1) is 12.8 Å². The summed E-state index contributed by atoms with van der Waals surface area (Å²) in [6.07, 6.45) is 0. The van der Waals surface area contributed by atoms with Crippen LogP contribution in [-0.4, -0.2) is 27.8 Å². The molecule has 0 bridgehead atoms. The Bertz CT molecular complexity index is 528. The van der Waals surface area contributed by atoms with Gasteiger partial charge in [0.2, 0.25) is 5.13 Å². The molecule has 0 aliphatic carbocycles. The van der Waals surface area contributed by atoms with Crippen LogP contribution in [0, 0.1) is 0 Å². The molecule has 0 unspecified atom stereocenters. The summed E-state index contributed by atoms with van der Waals surface area (Å²) in [7, 11) is 1.49. The zero-order valence-electron chi connectivity index (χ0n) is 8.88. The molecule has 2 aromatic rings. The van der Waals surface area contributed by atoms with E-state index in [0.29, 0.717) is 22.1 Å². The van der Waals surface area contributed by atoms with E-state index in [1.807, 2.05) is 0 Å². The van der Waals surface area contributed by atoms with Gasteiger partial charge in [-0.15, -0.1) is 0 Å². The van der Waals surface area contributed by atoms with Crippen LogP contribution in [0.1, 0.15) is 10.4 Å². The highest BCUT2D eigenvalue weighted by Gasteiger charge is 2.10. The Hall–Kier alpha value is -2.22. The topological polar surface area (TPSA) is 103 Å². The molecule has 1 aromatic heterocycles. The van der Waals surface area contributed by atoms with E-state index in [9.17, 15) is 4.79 Å². The fourth-order valence-corrected chi connectivity index (χ4v) is 1.57. The predicted octanol–water partition coefficient (Wildman–Crippen LogP) is 0.776. The minimum absolute atomic E-state index is 0.318. The Morgan fingerprint density at radius 2 is 2.35 bits per heavy atom. The quantitative estimate of drug-likeness (QED) is 0.781. The van der Waals surface area contributed by atoms with Crippen LogP contribution < -0.4 is 15.8 Å². The van der Waals surface area contributed by atoms with Gasteiger partial charge in [0, 0.05) is 17.1 Å². The number of hydrogen-bond acceptors (Lipinski definition) is 7. The maximum absolute atomic E-state index is 11.8. The van der Waals surface area contributed by atoms with Gasteiger partial charge in [-0.05, 0) is 23.4 Å². The van der Waals surface area contributed by atoms with Crippen LogP contribution >= 0.6 is 11.5 Å². The van der Waals surface area contributed by atoms with Crippen molar-refractivity contribution in [2.24, 2.45) is 0 Å². The smallest absolute Gasteiger partial charge is 0.257 e. The minimum Gasteiger partial charge on any atom is -0.495 e. The molecule has 1 amide bonds. The third kappa shape index (κ3) is 2.48. The number of nitrogens with two attached hydrogens (primary N) is 1. The molecule has 17 heavy (non-hydrogen) atoms. The monoisotopic (exact) mass is 251 g/mol. The number of amides is 1. The second-order valence-corrected chi connectivity index (χ2v) is 3.81. The van der Waals surface area contributed by atoms with Crippen molar-refractivity contribution in [3.8, 4) is 5.75 Å². The first-order valence-corrected chi connectivity index (χ1v) is 5.38. The molecule has 1 heterocycles. The molecule has 8 heteroatoms. The number of ether oxygens (including phenoxy) is 1. The lowest BCUT2D eigenvalue weighted by molar-refractivity contribution is 0.102. The van der Waals surface area contributed by atoms with E-state index >= 15 is 0 Å². The number of hydrogen-bond donors (Lipinski definition) is 2.